The number of rotatable bonds is 7. The topological polar surface area (TPSA) is 29.9 Å². The van der Waals surface area contributed by atoms with E-state index in [2.05, 4.69) is 53.8 Å². The largest absolute Gasteiger partial charge is 0.340 e. The number of benzene rings is 1. The van der Waals surface area contributed by atoms with E-state index in [4.69, 9.17) is 0 Å². The maximum Gasteiger partial charge on any atom is 0.0947 e. The fourth-order valence-corrected chi connectivity index (χ4v) is 2.37. The number of nitrogens with one attached hydrogen (secondary N) is 1. The minimum atomic E-state index is 0.370. The normalized spacial score (nSPS) is 12.5. The molecule has 1 unspecified atom stereocenters. The molecule has 0 aliphatic heterocycles. The predicted molar refractivity (Wildman–Crippen MR) is 79.0 cm³/mol. The highest BCUT2D eigenvalue weighted by Crippen LogP contribution is 2.18. The van der Waals surface area contributed by atoms with Crippen molar-refractivity contribution >= 4 is 0 Å². The van der Waals surface area contributed by atoms with Gasteiger partial charge in [0, 0.05) is 13.2 Å². The van der Waals surface area contributed by atoms with Crippen LogP contribution >= 0.6 is 0 Å². The van der Waals surface area contributed by atoms with Gasteiger partial charge in [0.1, 0.15) is 0 Å². The van der Waals surface area contributed by atoms with Gasteiger partial charge < -0.3 is 9.88 Å². The van der Waals surface area contributed by atoms with Crippen LogP contribution in [0.25, 0.3) is 0 Å². The second kappa shape index (κ2) is 7.10. The second-order valence-electron chi connectivity index (χ2n) is 4.95. The first kappa shape index (κ1) is 13.8. The average molecular weight is 257 g/mol. The maximum absolute atomic E-state index is 4.46. The van der Waals surface area contributed by atoms with E-state index in [0.29, 0.717) is 6.04 Å². The first-order chi connectivity index (χ1) is 9.29. The van der Waals surface area contributed by atoms with Crippen molar-refractivity contribution in [2.75, 3.05) is 6.54 Å². The minimum absolute atomic E-state index is 0.370. The minimum Gasteiger partial charge on any atom is -0.340 e. The van der Waals surface area contributed by atoms with Gasteiger partial charge in [-0.25, -0.2) is 4.98 Å². The lowest BCUT2D eigenvalue weighted by Gasteiger charge is -2.15. The van der Waals surface area contributed by atoms with Crippen molar-refractivity contribution < 1.29 is 0 Å². The van der Waals surface area contributed by atoms with E-state index in [9.17, 15) is 0 Å². The Morgan fingerprint density at radius 3 is 2.68 bits per heavy atom. The van der Waals surface area contributed by atoms with E-state index in [1.807, 2.05) is 17.9 Å². The number of nitrogens with zero attached hydrogens (tertiary/aromatic N) is 2. The molecule has 0 aliphatic carbocycles. The summed E-state index contributed by atoms with van der Waals surface area (Å²) in [6, 6.07) is 11.0. The molecule has 0 fully saturated rings. The Hall–Kier alpha value is -1.61. The molecule has 0 spiro atoms. The molecule has 3 heteroatoms. The van der Waals surface area contributed by atoms with Crippen LogP contribution in [0.5, 0.6) is 0 Å². The molecule has 19 heavy (non-hydrogen) atoms. The lowest BCUT2D eigenvalue weighted by Crippen LogP contribution is -2.21. The second-order valence-corrected chi connectivity index (χ2v) is 4.95. The van der Waals surface area contributed by atoms with Crippen LogP contribution < -0.4 is 5.32 Å². The molecule has 3 nitrogen and oxygen atoms in total. The SMILES string of the molecule is CCNC(CCCc1ccccc1)c1cn(C)cn1. The molecule has 1 aromatic heterocycles. The van der Waals surface area contributed by atoms with Crippen LogP contribution in [0.2, 0.25) is 0 Å². The van der Waals surface area contributed by atoms with Crippen molar-refractivity contribution in [3.63, 3.8) is 0 Å². The molecule has 0 saturated carbocycles. The number of imidazole rings is 1. The van der Waals surface area contributed by atoms with E-state index in [0.717, 1.165) is 25.1 Å². The molecule has 1 N–H and O–H groups in total. The molecule has 102 valence electrons. The Kier molecular flexibility index (Phi) is 5.16. The van der Waals surface area contributed by atoms with Crippen molar-refractivity contribution in [1.29, 1.82) is 0 Å². The van der Waals surface area contributed by atoms with Crippen LogP contribution in [-0.2, 0) is 13.5 Å². The highest BCUT2D eigenvalue weighted by atomic mass is 15.0. The third-order valence-electron chi connectivity index (χ3n) is 3.33. The zero-order valence-corrected chi connectivity index (χ0v) is 11.8. The van der Waals surface area contributed by atoms with Gasteiger partial charge in [-0.1, -0.05) is 37.3 Å². The Morgan fingerprint density at radius 2 is 2.05 bits per heavy atom. The lowest BCUT2D eigenvalue weighted by molar-refractivity contribution is 0.489. The Bertz CT molecular complexity index is 476. The van der Waals surface area contributed by atoms with Crippen molar-refractivity contribution in [3.05, 3.63) is 54.1 Å². The van der Waals surface area contributed by atoms with Crippen LogP contribution in [0.4, 0.5) is 0 Å². The van der Waals surface area contributed by atoms with Crippen LogP contribution in [-0.4, -0.2) is 16.1 Å². The first-order valence-electron chi connectivity index (χ1n) is 7.04. The van der Waals surface area contributed by atoms with E-state index in [-0.39, 0.29) is 0 Å². The molecule has 1 heterocycles. The summed E-state index contributed by atoms with van der Waals surface area (Å²) in [5.41, 5.74) is 2.57. The van der Waals surface area contributed by atoms with Gasteiger partial charge in [0.2, 0.25) is 0 Å². The molecule has 0 saturated heterocycles. The fourth-order valence-electron chi connectivity index (χ4n) is 2.37. The lowest BCUT2D eigenvalue weighted by atomic mass is 10.0. The van der Waals surface area contributed by atoms with Crippen molar-refractivity contribution in [2.24, 2.45) is 7.05 Å². The zero-order chi connectivity index (χ0) is 13.5. The van der Waals surface area contributed by atoms with Crippen LogP contribution in [0, 0.1) is 0 Å². The molecule has 0 aliphatic rings. The molecule has 0 radical (unpaired) electrons. The van der Waals surface area contributed by atoms with Crippen molar-refractivity contribution in [3.8, 4) is 0 Å². The third kappa shape index (κ3) is 4.21. The van der Waals surface area contributed by atoms with Gasteiger partial charge in [-0.15, -0.1) is 0 Å². The quantitative estimate of drug-likeness (QED) is 0.826. The summed E-state index contributed by atoms with van der Waals surface area (Å²) in [6.45, 7) is 3.12. The van der Waals surface area contributed by atoms with Gasteiger partial charge >= 0.3 is 0 Å². The van der Waals surface area contributed by atoms with E-state index in [1.54, 1.807) is 0 Å². The van der Waals surface area contributed by atoms with Crippen LogP contribution in [0.15, 0.2) is 42.9 Å². The molecule has 1 aromatic carbocycles. The van der Waals surface area contributed by atoms with Gasteiger partial charge in [0.15, 0.2) is 0 Å². The Balaban J connectivity index is 1.87. The smallest absolute Gasteiger partial charge is 0.0947 e. The monoisotopic (exact) mass is 257 g/mol. The maximum atomic E-state index is 4.46. The molecule has 0 amide bonds. The van der Waals surface area contributed by atoms with Gasteiger partial charge in [-0.05, 0) is 31.4 Å². The Labute approximate surface area is 115 Å². The molecule has 1 atom stereocenters. The number of aromatic nitrogens is 2. The summed E-state index contributed by atoms with van der Waals surface area (Å²) in [5.74, 6) is 0. The molecule has 2 aromatic rings. The van der Waals surface area contributed by atoms with E-state index in [1.165, 1.54) is 12.0 Å². The zero-order valence-electron chi connectivity index (χ0n) is 11.8. The number of hydrogen-bond acceptors (Lipinski definition) is 2. The number of hydrogen-bond donors (Lipinski definition) is 1. The molecular weight excluding hydrogens is 234 g/mol. The standard InChI is InChI=1S/C16H23N3/c1-3-17-15(16-12-19(2)13-18-16)11-7-10-14-8-5-4-6-9-14/h4-6,8-9,12-13,15,17H,3,7,10-11H2,1-2H3. The summed E-state index contributed by atoms with van der Waals surface area (Å²) in [5, 5.41) is 3.52. The van der Waals surface area contributed by atoms with Crippen LogP contribution in [0.3, 0.4) is 0 Å². The number of aryl methyl sites for hydroxylation is 2. The molecular formula is C16H23N3. The Morgan fingerprint density at radius 1 is 1.26 bits per heavy atom. The summed E-state index contributed by atoms with van der Waals surface area (Å²) < 4.78 is 2.01. The summed E-state index contributed by atoms with van der Waals surface area (Å²) >= 11 is 0. The third-order valence-corrected chi connectivity index (χ3v) is 3.33. The van der Waals surface area contributed by atoms with Crippen molar-refractivity contribution in [2.45, 2.75) is 32.2 Å². The highest BCUT2D eigenvalue weighted by molar-refractivity contribution is 5.14. The molecule has 2 rings (SSSR count). The van der Waals surface area contributed by atoms with E-state index < -0.39 is 0 Å². The fraction of sp³-hybridized carbons (Fsp3) is 0.438. The van der Waals surface area contributed by atoms with Gasteiger partial charge in [-0.3, -0.25) is 0 Å². The highest BCUT2D eigenvalue weighted by Gasteiger charge is 2.12. The summed E-state index contributed by atoms with van der Waals surface area (Å²) in [4.78, 5) is 4.46. The predicted octanol–water partition coefficient (Wildman–Crippen LogP) is 3.09. The van der Waals surface area contributed by atoms with Gasteiger partial charge in [0.25, 0.3) is 0 Å². The summed E-state index contributed by atoms with van der Waals surface area (Å²) in [6.07, 6.45) is 7.42. The van der Waals surface area contributed by atoms with Crippen molar-refractivity contribution in [1.82, 2.24) is 14.9 Å². The summed E-state index contributed by atoms with van der Waals surface area (Å²) in [7, 11) is 2.02. The van der Waals surface area contributed by atoms with Gasteiger partial charge in [0.05, 0.1) is 18.1 Å². The van der Waals surface area contributed by atoms with E-state index >= 15 is 0 Å². The molecule has 0 bridgehead atoms. The first-order valence-corrected chi connectivity index (χ1v) is 7.04. The average Bonchev–Trinajstić information content (AvgIpc) is 2.86. The van der Waals surface area contributed by atoms with Crippen LogP contribution in [0.1, 0.15) is 37.1 Å². The van der Waals surface area contributed by atoms with Gasteiger partial charge in [-0.2, -0.15) is 0 Å².